The zero-order chi connectivity index (χ0) is 35.2. The lowest BCUT2D eigenvalue weighted by atomic mass is 9.94. The van der Waals surface area contributed by atoms with Crippen LogP contribution < -0.4 is 4.31 Å². The monoisotopic (exact) mass is 698 g/mol. The van der Waals surface area contributed by atoms with Gasteiger partial charge in [-0.15, -0.1) is 0 Å². The molecule has 0 radical (unpaired) electrons. The number of hydrogen-bond donors (Lipinski definition) is 1. The average Bonchev–Trinajstić information content (AvgIpc) is 3.03. The van der Waals surface area contributed by atoms with E-state index in [1.807, 2.05) is 0 Å². The second-order valence-electron chi connectivity index (χ2n) is 11.1. The van der Waals surface area contributed by atoms with Gasteiger partial charge in [0.05, 0.1) is 34.4 Å². The number of sulfonamides is 1. The van der Waals surface area contributed by atoms with Crippen molar-refractivity contribution >= 4 is 37.2 Å². The molecule has 4 rings (SSSR count). The van der Waals surface area contributed by atoms with Gasteiger partial charge in [-0.25, -0.2) is 21.2 Å². The molecule has 4 aromatic rings. The van der Waals surface area contributed by atoms with Crippen molar-refractivity contribution in [2.45, 2.75) is 49.9 Å². The van der Waals surface area contributed by atoms with Crippen molar-refractivity contribution in [2.24, 2.45) is 0 Å². The molecular weight excluding hydrogens is 664 g/mol. The molecule has 0 saturated carbocycles. The molecule has 1 N–H and O–H groups in total. The molecule has 0 fully saturated rings. The normalized spacial score (nSPS) is 11.8. The number of aliphatic carboxylic acids is 1. The molecule has 14 heteroatoms. The second-order valence-corrected chi connectivity index (χ2v) is 15.0. The lowest BCUT2D eigenvalue weighted by Gasteiger charge is -2.25. The van der Waals surface area contributed by atoms with E-state index >= 15 is 4.39 Å². The number of anilines is 1. The third kappa shape index (κ3) is 8.24. The molecular formula is C34H35FN2O9S2. The first-order chi connectivity index (χ1) is 22.6. The summed E-state index contributed by atoms with van der Waals surface area (Å²) >= 11 is 0. The van der Waals surface area contributed by atoms with Crippen LogP contribution in [0, 0.1) is 29.8 Å². The Morgan fingerprint density at radius 2 is 1.65 bits per heavy atom. The van der Waals surface area contributed by atoms with E-state index in [4.69, 9.17) is 9.84 Å². The molecule has 0 heterocycles. The largest absolute Gasteiger partial charge is 0.481 e. The third-order valence-corrected chi connectivity index (χ3v) is 11.1. The zero-order valence-electron chi connectivity index (χ0n) is 26.6. The highest BCUT2D eigenvalue weighted by Gasteiger charge is 2.32. The van der Waals surface area contributed by atoms with Gasteiger partial charge in [-0.3, -0.25) is 19.2 Å². The molecule has 0 atom stereocenters. The van der Waals surface area contributed by atoms with Gasteiger partial charge in [0.2, 0.25) is 0 Å². The first kappa shape index (κ1) is 36.2. The fourth-order valence-electron chi connectivity index (χ4n) is 5.38. The third-order valence-electron chi connectivity index (χ3n) is 7.67. The predicted octanol–water partition coefficient (Wildman–Crippen LogP) is 6.24. The van der Waals surface area contributed by atoms with E-state index in [-0.39, 0.29) is 47.9 Å². The lowest BCUT2D eigenvalue weighted by molar-refractivity contribution is -0.387. The number of carboxylic acid groups (broad SMARTS) is 1. The van der Waals surface area contributed by atoms with Crippen molar-refractivity contribution < 1.29 is 40.8 Å². The van der Waals surface area contributed by atoms with Crippen LogP contribution >= 0.6 is 0 Å². The van der Waals surface area contributed by atoms with E-state index in [0.717, 1.165) is 28.1 Å². The van der Waals surface area contributed by atoms with Gasteiger partial charge in [0.25, 0.3) is 15.7 Å². The van der Waals surface area contributed by atoms with Crippen LogP contribution in [0.5, 0.6) is 0 Å². The van der Waals surface area contributed by atoms with E-state index in [1.165, 1.54) is 24.3 Å². The minimum atomic E-state index is -4.65. The number of halogens is 1. The van der Waals surface area contributed by atoms with Crippen LogP contribution in [0.4, 0.5) is 15.8 Å². The summed E-state index contributed by atoms with van der Waals surface area (Å²) in [6.45, 7) is 5.45. The molecule has 0 aromatic heterocycles. The summed E-state index contributed by atoms with van der Waals surface area (Å²) in [7, 11) is -8.26. The molecule has 0 amide bonds. The zero-order valence-corrected chi connectivity index (χ0v) is 28.2. The van der Waals surface area contributed by atoms with Crippen molar-refractivity contribution in [3.8, 4) is 11.1 Å². The Morgan fingerprint density at radius 1 is 0.958 bits per heavy atom. The van der Waals surface area contributed by atoms with E-state index in [2.05, 4.69) is 0 Å². The van der Waals surface area contributed by atoms with Crippen molar-refractivity contribution in [3.63, 3.8) is 0 Å². The van der Waals surface area contributed by atoms with Crippen molar-refractivity contribution in [3.05, 3.63) is 117 Å². The number of nitro groups is 1. The quantitative estimate of drug-likeness (QED) is 0.0861. The molecule has 254 valence electrons. The number of sulfone groups is 1. The van der Waals surface area contributed by atoms with Crippen LogP contribution in [0.3, 0.4) is 0 Å². The van der Waals surface area contributed by atoms with E-state index < -0.39 is 47.2 Å². The highest BCUT2D eigenvalue weighted by Crippen LogP contribution is 2.34. The fourth-order valence-corrected chi connectivity index (χ4v) is 8.27. The Balaban J connectivity index is 1.79. The number of nitrogens with zero attached hydrogens (tertiary/aromatic N) is 2. The summed E-state index contributed by atoms with van der Waals surface area (Å²) in [5.74, 6) is -2.12. The average molecular weight is 699 g/mol. The van der Waals surface area contributed by atoms with Crippen LogP contribution in [-0.2, 0) is 42.4 Å². The highest BCUT2D eigenvalue weighted by molar-refractivity contribution is 7.93. The number of hydrogen-bond acceptors (Lipinski definition) is 8. The lowest BCUT2D eigenvalue weighted by Crippen LogP contribution is -2.31. The predicted molar refractivity (Wildman–Crippen MR) is 179 cm³/mol. The van der Waals surface area contributed by atoms with Gasteiger partial charge in [-0.05, 0) is 97.0 Å². The molecule has 0 unspecified atom stereocenters. The molecule has 0 saturated heterocycles. The Labute approximate surface area is 278 Å². The van der Waals surface area contributed by atoms with E-state index in [9.17, 15) is 31.7 Å². The Morgan fingerprint density at radius 3 is 2.27 bits per heavy atom. The van der Waals surface area contributed by atoms with Gasteiger partial charge in [0, 0.05) is 19.1 Å². The fraction of sp³-hybridized carbons (Fsp3) is 0.265. The number of carbonyl (C=O) groups is 1. The number of aryl methyl sites for hydroxylation is 3. The maximum Gasteiger partial charge on any atom is 0.303 e. The molecule has 48 heavy (non-hydrogen) atoms. The van der Waals surface area contributed by atoms with Crippen LogP contribution in [-0.4, -0.2) is 51.8 Å². The SMILES string of the molecule is CCOCCS(=O)(=O)c1cc(C)c(-c2cccc(CN(c3ccc(CCC(=O)O)c(F)c3)S(=O)(=O)c3ccccc3[N+](=O)[O-])c2)c(C)c1. The second kappa shape index (κ2) is 15.0. The maximum atomic E-state index is 15.2. The minimum absolute atomic E-state index is 0.0699. The molecule has 0 aliphatic carbocycles. The molecule has 4 aromatic carbocycles. The number of para-hydroxylation sites is 1. The number of rotatable bonds is 15. The topological polar surface area (TPSA) is 161 Å². The van der Waals surface area contributed by atoms with Gasteiger partial charge in [-0.2, -0.15) is 0 Å². The first-order valence-electron chi connectivity index (χ1n) is 14.9. The van der Waals surface area contributed by atoms with Gasteiger partial charge < -0.3 is 9.84 Å². The van der Waals surface area contributed by atoms with Crippen molar-refractivity contribution in [1.82, 2.24) is 0 Å². The van der Waals surface area contributed by atoms with E-state index in [1.54, 1.807) is 57.2 Å². The molecule has 0 aliphatic heterocycles. The van der Waals surface area contributed by atoms with E-state index in [0.29, 0.717) is 28.9 Å². The van der Waals surface area contributed by atoms with Crippen molar-refractivity contribution in [1.29, 1.82) is 0 Å². The van der Waals surface area contributed by atoms with Gasteiger partial charge in [0.15, 0.2) is 14.7 Å². The smallest absolute Gasteiger partial charge is 0.303 e. The number of ether oxygens (including phenoxy) is 1. The Kier molecular flexibility index (Phi) is 11.3. The van der Waals surface area contributed by atoms with Crippen molar-refractivity contribution in [2.75, 3.05) is 23.3 Å². The van der Waals surface area contributed by atoms with Crippen LogP contribution in [0.2, 0.25) is 0 Å². The minimum Gasteiger partial charge on any atom is -0.481 e. The first-order valence-corrected chi connectivity index (χ1v) is 18.0. The van der Waals surface area contributed by atoms with Gasteiger partial charge >= 0.3 is 5.97 Å². The Hall–Kier alpha value is -4.66. The Bertz CT molecular complexity index is 2040. The maximum absolute atomic E-state index is 15.2. The standard InChI is InChI=1S/C34H35FN2O9S2/c1-4-46-16-17-47(42,43)29-18-23(2)34(24(3)19-29)27-9-7-8-25(20-27)22-36(28-14-12-26(30(35)21-28)13-15-33(38)39)48(44,45)32-11-6-5-10-31(32)37(40)41/h5-12,14,18-21H,4,13,15-17,22H2,1-3H3,(H,38,39). The van der Waals surface area contributed by atoms with Crippen LogP contribution in [0.1, 0.15) is 35.6 Å². The van der Waals surface area contributed by atoms with Gasteiger partial charge in [-0.1, -0.05) is 36.4 Å². The highest BCUT2D eigenvalue weighted by atomic mass is 32.2. The molecule has 0 aliphatic rings. The number of nitro benzene ring substituents is 1. The summed E-state index contributed by atoms with van der Waals surface area (Å²) in [5, 5.41) is 20.8. The molecule has 11 nitrogen and oxygen atoms in total. The summed E-state index contributed by atoms with van der Waals surface area (Å²) in [6.07, 6.45) is -0.452. The number of benzene rings is 4. The molecule has 0 spiro atoms. The summed E-state index contributed by atoms with van der Waals surface area (Å²) in [5.41, 5.74) is 2.50. The van der Waals surface area contributed by atoms with Gasteiger partial charge in [0.1, 0.15) is 5.82 Å². The summed E-state index contributed by atoms with van der Waals surface area (Å²) < 4.78 is 75.4. The van der Waals surface area contributed by atoms with Crippen LogP contribution in [0.15, 0.2) is 88.7 Å². The number of carboxylic acids is 1. The summed E-state index contributed by atoms with van der Waals surface area (Å²) in [6, 6.07) is 18.5. The van der Waals surface area contributed by atoms with Crippen LogP contribution in [0.25, 0.3) is 11.1 Å². The summed E-state index contributed by atoms with van der Waals surface area (Å²) in [4.78, 5) is 21.6. The molecule has 0 bridgehead atoms.